The van der Waals surface area contributed by atoms with Crippen LogP contribution in [0.3, 0.4) is 0 Å². The van der Waals surface area contributed by atoms with E-state index >= 15 is 0 Å². The van der Waals surface area contributed by atoms with E-state index in [0.717, 1.165) is 138 Å². The predicted octanol–water partition coefficient (Wildman–Crippen LogP) is 13.6. The molecule has 0 heterocycles. The van der Waals surface area contributed by atoms with Crippen molar-refractivity contribution in [2.75, 3.05) is 42.7 Å². The number of aldehydes is 6. The highest BCUT2D eigenvalue weighted by Gasteiger charge is 2.44. The highest BCUT2D eigenvalue weighted by molar-refractivity contribution is 5.97. The maximum atomic E-state index is 12.7. The summed E-state index contributed by atoms with van der Waals surface area (Å²) < 4.78 is 33.6. The third kappa shape index (κ3) is 8.58. The quantitative estimate of drug-likeness (QED) is 0.0750. The van der Waals surface area contributed by atoms with Gasteiger partial charge in [0.25, 0.3) is 0 Å². The minimum absolute atomic E-state index is 0.347. The van der Waals surface area contributed by atoms with Crippen molar-refractivity contribution in [1.82, 2.24) is 0 Å². The molecule has 0 N–H and O–H groups in total. The molecule has 0 atom stereocenters. The van der Waals surface area contributed by atoms with Gasteiger partial charge in [-0.3, -0.25) is 28.8 Å². The van der Waals surface area contributed by atoms with Gasteiger partial charge in [0.1, 0.15) is 34.5 Å². The lowest BCUT2D eigenvalue weighted by molar-refractivity contribution is 0.111. The highest BCUT2D eigenvalue weighted by Crippen LogP contribution is 2.61. The molecule has 80 heavy (non-hydrogen) atoms. The normalized spacial score (nSPS) is 13.4. The summed E-state index contributed by atoms with van der Waals surface area (Å²) >= 11 is 0. The first-order valence-electron chi connectivity index (χ1n) is 25.4. The standard InChI is InChI=1S/C68H50O12/c1-75-61-13-7-37(19-43(61)31-69)49-25-55-56(26-50(49)38-8-14-62(76-2)44(20-38)32-70)68-59-29-53(41-11-17-65(79-5)47(23-41)35-73)51(39-9-15-63(77-3)45(21-39)33-71)27-57(59)67(55)58-28-52(40-10-16-64(78-4)46(22-40)34-72)54(30-60(58)68)42-12-18-66(80-6)48(24-42)36-74/h7-36,67-68H,1-6H3. The van der Waals surface area contributed by atoms with Crippen LogP contribution in [0.2, 0.25) is 0 Å². The van der Waals surface area contributed by atoms with Gasteiger partial charge in [0.2, 0.25) is 0 Å². The number of carbonyl (C=O) groups is 6. The van der Waals surface area contributed by atoms with Gasteiger partial charge >= 0.3 is 0 Å². The van der Waals surface area contributed by atoms with Crippen LogP contribution in [0, 0.1) is 0 Å². The third-order valence-electron chi connectivity index (χ3n) is 15.5. The molecule has 0 saturated heterocycles. The zero-order valence-electron chi connectivity index (χ0n) is 44.4. The van der Waals surface area contributed by atoms with Gasteiger partial charge in [0.05, 0.1) is 76.0 Å². The van der Waals surface area contributed by atoms with E-state index < -0.39 is 11.8 Å². The van der Waals surface area contributed by atoms with Crippen LogP contribution < -0.4 is 28.4 Å². The Labute approximate surface area is 461 Å². The molecule has 12 rings (SSSR count). The van der Waals surface area contributed by atoms with Crippen LogP contribution >= 0.6 is 0 Å². The second-order valence-electron chi connectivity index (χ2n) is 19.4. The summed E-state index contributed by atoms with van der Waals surface area (Å²) in [6.07, 6.45) is 4.57. The van der Waals surface area contributed by atoms with Crippen molar-refractivity contribution in [3.63, 3.8) is 0 Å². The fraction of sp³-hybridized carbons (Fsp3) is 0.118. The molecule has 12 nitrogen and oxygen atoms in total. The molecule has 0 aromatic heterocycles. The van der Waals surface area contributed by atoms with Crippen molar-refractivity contribution in [2.24, 2.45) is 0 Å². The van der Waals surface area contributed by atoms with E-state index in [9.17, 15) is 28.8 Å². The van der Waals surface area contributed by atoms with E-state index in [2.05, 4.69) is 36.4 Å². The van der Waals surface area contributed by atoms with Gasteiger partial charge in [-0.25, -0.2) is 0 Å². The number of methoxy groups -OCH3 is 6. The lowest BCUT2D eigenvalue weighted by Crippen LogP contribution is -2.28. The number of benzene rings is 9. The Morgan fingerprint density at radius 2 is 0.388 bits per heavy atom. The molecule has 3 aliphatic rings. The number of hydrogen-bond acceptors (Lipinski definition) is 12. The molecule has 0 saturated carbocycles. The van der Waals surface area contributed by atoms with E-state index in [4.69, 9.17) is 28.4 Å². The molecule has 0 amide bonds. The number of ether oxygens (including phenoxy) is 6. The lowest BCUT2D eigenvalue weighted by atomic mass is 9.59. The lowest BCUT2D eigenvalue weighted by Gasteiger charge is -2.44. The van der Waals surface area contributed by atoms with Gasteiger partial charge in [-0.2, -0.15) is 0 Å². The Balaban J connectivity index is 1.28. The van der Waals surface area contributed by atoms with Crippen LogP contribution in [0.4, 0.5) is 0 Å². The number of rotatable bonds is 18. The summed E-state index contributed by atoms with van der Waals surface area (Å²) in [5.74, 6) is 1.47. The second kappa shape index (κ2) is 21.3. The zero-order chi connectivity index (χ0) is 55.9. The molecule has 0 aliphatic heterocycles. The van der Waals surface area contributed by atoms with Crippen LogP contribution in [0.5, 0.6) is 34.5 Å². The first kappa shape index (κ1) is 51.9. The maximum absolute atomic E-state index is 12.7. The third-order valence-corrected chi connectivity index (χ3v) is 15.5. The molecule has 0 fully saturated rings. The molecule has 9 aromatic carbocycles. The molecular weight excluding hydrogens is 1010 g/mol. The van der Waals surface area contributed by atoms with Gasteiger partial charge in [-0.05, 0) is 209 Å². The predicted molar refractivity (Wildman–Crippen MR) is 305 cm³/mol. The molecule has 0 spiro atoms. The van der Waals surface area contributed by atoms with Gasteiger partial charge in [0.15, 0.2) is 37.7 Å². The SMILES string of the molecule is COc1ccc(-c2cc3c(cc2-c2ccc(OC)c(C=O)c2)C2c4cc(-c5ccc(OC)c(C=O)c5)c(-c5ccc(OC)c(C=O)c5)cc4C3c3cc(-c4ccc(OC)c(C=O)c4)c(-c4ccc(OC)c(C=O)c4)cc32)cc1C=O. The fourth-order valence-electron chi connectivity index (χ4n) is 11.8. The largest absolute Gasteiger partial charge is 0.496 e. The topological polar surface area (TPSA) is 158 Å². The fourth-order valence-corrected chi connectivity index (χ4v) is 11.8. The minimum atomic E-state index is -0.492. The Kier molecular flexibility index (Phi) is 13.8. The number of hydrogen-bond donors (Lipinski definition) is 0. The Hall–Kier alpha value is -10.2. The summed E-state index contributed by atoms with van der Waals surface area (Å²) in [5, 5.41) is 0. The average Bonchev–Trinajstić information content (AvgIpc) is 1.75. The summed E-state index contributed by atoms with van der Waals surface area (Å²) in [6, 6.07) is 45.9. The number of carbonyl (C=O) groups excluding carboxylic acids is 6. The van der Waals surface area contributed by atoms with Crippen LogP contribution in [-0.2, 0) is 0 Å². The molecule has 0 radical (unpaired) electrons. The Morgan fingerprint density at radius 1 is 0.237 bits per heavy atom. The van der Waals surface area contributed by atoms with Gasteiger partial charge < -0.3 is 28.4 Å². The van der Waals surface area contributed by atoms with Crippen molar-refractivity contribution in [1.29, 1.82) is 0 Å². The Morgan fingerprint density at radius 3 is 0.512 bits per heavy atom. The maximum Gasteiger partial charge on any atom is 0.153 e. The molecule has 12 heteroatoms. The first-order chi connectivity index (χ1) is 39.1. The molecule has 3 aliphatic carbocycles. The minimum Gasteiger partial charge on any atom is -0.496 e. The van der Waals surface area contributed by atoms with E-state index in [0.29, 0.717) is 67.9 Å². The van der Waals surface area contributed by atoms with Crippen LogP contribution in [0.1, 0.15) is 107 Å². The van der Waals surface area contributed by atoms with Gasteiger partial charge in [0, 0.05) is 11.8 Å². The molecule has 394 valence electrons. The van der Waals surface area contributed by atoms with E-state index in [-0.39, 0.29) is 0 Å². The van der Waals surface area contributed by atoms with E-state index in [1.165, 1.54) is 42.7 Å². The summed E-state index contributed by atoms with van der Waals surface area (Å²) in [5.41, 5.74) is 16.8. The average molecular weight is 1060 g/mol. The van der Waals surface area contributed by atoms with Crippen molar-refractivity contribution >= 4 is 37.7 Å². The molecule has 0 unspecified atom stereocenters. The molecular formula is C68H50O12. The van der Waals surface area contributed by atoms with E-state index in [1.807, 2.05) is 36.4 Å². The molecule has 2 bridgehead atoms. The second-order valence-corrected chi connectivity index (χ2v) is 19.4. The van der Waals surface area contributed by atoms with Crippen LogP contribution in [0.15, 0.2) is 146 Å². The van der Waals surface area contributed by atoms with Crippen LogP contribution in [0.25, 0.3) is 66.8 Å². The summed E-state index contributed by atoms with van der Waals surface area (Å²) in [4.78, 5) is 76.2. The molecule has 9 aromatic rings. The van der Waals surface area contributed by atoms with Gasteiger partial charge in [-0.15, -0.1) is 0 Å². The highest BCUT2D eigenvalue weighted by atomic mass is 16.5. The van der Waals surface area contributed by atoms with E-state index in [1.54, 1.807) is 72.8 Å². The van der Waals surface area contributed by atoms with Crippen LogP contribution in [-0.4, -0.2) is 80.4 Å². The first-order valence-corrected chi connectivity index (χ1v) is 25.4. The van der Waals surface area contributed by atoms with Crippen molar-refractivity contribution in [2.45, 2.75) is 11.8 Å². The summed E-state index contributed by atoms with van der Waals surface area (Å²) in [7, 11) is 9.08. The van der Waals surface area contributed by atoms with Gasteiger partial charge in [-0.1, -0.05) is 36.4 Å². The smallest absolute Gasteiger partial charge is 0.153 e. The zero-order valence-corrected chi connectivity index (χ0v) is 44.4. The Bertz CT molecular complexity index is 3400. The monoisotopic (exact) mass is 1060 g/mol. The summed E-state index contributed by atoms with van der Waals surface area (Å²) in [6.45, 7) is 0. The van der Waals surface area contributed by atoms with Crippen molar-refractivity contribution < 1.29 is 57.2 Å². The van der Waals surface area contributed by atoms with Crippen molar-refractivity contribution in [3.05, 3.63) is 212 Å². The van der Waals surface area contributed by atoms with Crippen molar-refractivity contribution in [3.8, 4) is 101 Å².